The highest BCUT2D eigenvalue weighted by Crippen LogP contribution is 2.56. The smallest absolute Gasteiger partial charge is 0.123 e. The quantitative estimate of drug-likeness (QED) is 0.313. The molecule has 0 radical (unpaired) electrons. The molecule has 2 heteroatoms. The van der Waals surface area contributed by atoms with Crippen LogP contribution in [0.4, 0.5) is 4.39 Å². The van der Waals surface area contributed by atoms with Crippen LogP contribution in [0, 0.1) is 11.2 Å². The average molecular weight is 560 g/mol. The van der Waals surface area contributed by atoms with Crippen LogP contribution in [0.5, 0.6) is 0 Å². The van der Waals surface area contributed by atoms with E-state index < -0.39 is 0 Å². The molecule has 1 fully saturated rings. The van der Waals surface area contributed by atoms with Gasteiger partial charge in [-0.3, -0.25) is 4.98 Å². The number of rotatable bonds is 8. The maximum atomic E-state index is 14.1. The summed E-state index contributed by atoms with van der Waals surface area (Å²) in [6.45, 7) is 19.7. The fourth-order valence-corrected chi connectivity index (χ4v) is 7.68. The van der Waals surface area contributed by atoms with Crippen LogP contribution in [0.3, 0.4) is 0 Å². The Bertz CT molecular complexity index is 1180. The maximum absolute atomic E-state index is 14.1. The van der Waals surface area contributed by atoms with Gasteiger partial charge in [-0.15, -0.1) is 0 Å². The number of benzene rings is 1. The Morgan fingerprint density at radius 1 is 0.976 bits per heavy atom. The molecule has 0 saturated heterocycles. The van der Waals surface area contributed by atoms with Crippen molar-refractivity contribution in [2.45, 2.75) is 151 Å². The lowest BCUT2D eigenvalue weighted by atomic mass is 9.57. The molecule has 226 valence electrons. The van der Waals surface area contributed by atoms with Gasteiger partial charge in [0.15, 0.2) is 0 Å². The van der Waals surface area contributed by atoms with E-state index in [1.165, 1.54) is 77.7 Å². The summed E-state index contributed by atoms with van der Waals surface area (Å²) in [5.41, 5.74) is 11.7. The third kappa shape index (κ3) is 7.06. The lowest BCUT2D eigenvalue weighted by Crippen LogP contribution is -2.38. The van der Waals surface area contributed by atoms with Gasteiger partial charge in [-0.05, 0) is 104 Å². The Hall–Kier alpha value is -2.22. The summed E-state index contributed by atoms with van der Waals surface area (Å²) in [6, 6.07) is 7.35. The molecule has 1 saturated carbocycles. The first-order chi connectivity index (χ1) is 19.9. The minimum Gasteiger partial charge on any atom is -0.257 e. The summed E-state index contributed by atoms with van der Waals surface area (Å²) >= 11 is 0. The first-order valence-electron chi connectivity index (χ1n) is 17.1. The lowest BCUT2D eigenvalue weighted by molar-refractivity contribution is 0.0981. The summed E-state index contributed by atoms with van der Waals surface area (Å²) in [5, 5.41) is 0. The molecule has 3 atom stereocenters. The summed E-state index contributed by atoms with van der Waals surface area (Å²) in [4.78, 5) is 5.66. The summed E-state index contributed by atoms with van der Waals surface area (Å²) < 4.78 is 14.1. The molecule has 3 aliphatic rings. The summed E-state index contributed by atoms with van der Waals surface area (Å²) in [5.74, 6) is 1.09. The standard InChI is InChI=1S/C35H46FN.2C2H6/c1-6-10-26(8-3)34-32(24(5)27-13-11-25(7-2)12-14-27)33(28-15-17-29(36)18-16-28)31-23(4)21-35(19-9-20-35)22-30(31)37-34;2*1-2/h11,13,15-18,23-24,26H,6-10,12,14,19-22H2,1-5H3;2*1-2H3. The first kappa shape index (κ1) is 33.3. The van der Waals surface area contributed by atoms with Gasteiger partial charge < -0.3 is 0 Å². The normalized spacial score (nSPS) is 20.2. The van der Waals surface area contributed by atoms with E-state index in [9.17, 15) is 4.39 Å². The minimum absolute atomic E-state index is 0.160. The van der Waals surface area contributed by atoms with Crippen molar-refractivity contribution < 1.29 is 4.39 Å². The van der Waals surface area contributed by atoms with Crippen LogP contribution in [0.25, 0.3) is 11.1 Å². The van der Waals surface area contributed by atoms with Crippen LogP contribution in [0.15, 0.2) is 47.6 Å². The van der Waals surface area contributed by atoms with E-state index in [1.807, 2.05) is 39.8 Å². The van der Waals surface area contributed by atoms with Crippen LogP contribution < -0.4 is 0 Å². The topological polar surface area (TPSA) is 12.9 Å². The summed E-state index contributed by atoms with van der Waals surface area (Å²) in [7, 11) is 0. The van der Waals surface area contributed by atoms with E-state index in [1.54, 1.807) is 17.7 Å². The van der Waals surface area contributed by atoms with Gasteiger partial charge in [0.05, 0.1) is 0 Å². The molecule has 2 aromatic rings. The van der Waals surface area contributed by atoms with Crippen LogP contribution >= 0.6 is 0 Å². The van der Waals surface area contributed by atoms with E-state index >= 15 is 0 Å². The first-order valence-corrected chi connectivity index (χ1v) is 17.1. The molecular weight excluding hydrogens is 501 g/mol. The van der Waals surface area contributed by atoms with E-state index in [0.717, 1.165) is 32.1 Å². The van der Waals surface area contributed by atoms with Crippen molar-refractivity contribution in [2.75, 3.05) is 0 Å². The van der Waals surface area contributed by atoms with Crippen LogP contribution in [-0.4, -0.2) is 4.98 Å². The zero-order chi connectivity index (χ0) is 30.2. The molecule has 1 heterocycles. The molecule has 0 amide bonds. The predicted molar refractivity (Wildman–Crippen MR) is 177 cm³/mol. The molecule has 0 aliphatic heterocycles. The third-order valence-corrected chi connectivity index (χ3v) is 9.93. The van der Waals surface area contributed by atoms with Gasteiger partial charge in [-0.2, -0.15) is 0 Å². The van der Waals surface area contributed by atoms with Crippen molar-refractivity contribution in [1.82, 2.24) is 4.98 Å². The minimum atomic E-state index is -0.160. The van der Waals surface area contributed by atoms with Crippen molar-refractivity contribution >= 4 is 0 Å². The fourth-order valence-electron chi connectivity index (χ4n) is 7.68. The van der Waals surface area contributed by atoms with Crippen LogP contribution in [0.2, 0.25) is 0 Å². The van der Waals surface area contributed by atoms with Gasteiger partial charge in [0.1, 0.15) is 5.82 Å². The van der Waals surface area contributed by atoms with Gasteiger partial charge in [0.2, 0.25) is 0 Å². The Balaban J connectivity index is 0.00000111. The van der Waals surface area contributed by atoms with Crippen molar-refractivity contribution in [3.8, 4) is 11.1 Å². The van der Waals surface area contributed by atoms with Crippen molar-refractivity contribution in [3.05, 3.63) is 75.9 Å². The highest BCUT2D eigenvalue weighted by atomic mass is 19.1. The number of pyridine rings is 1. The molecule has 1 aromatic heterocycles. The van der Waals surface area contributed by atoms with Crippen LogP contribution in [-0.2, 0) is 6.42 Å². The zero-order valence-corrected chi connectivity index (χ0v) is 27.8. The monoisotopic (exact) mass is 559 g/mol. The SMILES string of the molecule is CC.CC.CCCC(CC)c1nc2c(c(-c3ccc(F)cc3)c1C(C)C1=CC=C(CC)CC1)C(C)CC1(CCC1)C2. The Kier molecular flexibility index (Phi) is 12.4. The van der Waals surface area contributed by atoms with Gasteiger partial charge >= 0.3 is 0 Å². The second kappa shape index (κ2) is 15.3. The average Bonchev–Trinajstić information content (AvgIpc) is 3.00. The van der Waals surface area contributed by atoms with Crippen LogP contribution in [0.1, 0.15) is 167 Å². The van der Waals surface area contributed by atoms with Crippen molar-refractivity contribution in [1.29, 1.82) is 0 Å². The molecule has 3 aliphatic carbocycles. The fraction of sp³-hybridized carbons (Fsp3) is 0.615. The second-order valence-electron chi connectivity index (χ2n) is 12.3. The molecule has 1 nitrogen and oxygen atoms in total. The molecule has 3 unspecified atom stereocenters. The van der Waals surface area contributed by atoms with Gasteiger partial charge in [-0.25, -0.2) is 4.39 Å². The molecule has 1 spiro atoms. The number of hydrogen-bond donors (Lipinski definition) is 0. The number of nitrogens with zero attached hydrogens (tertiary/aromatic N) is 1. The highest BCUT2D eigenvalue weighted by molar-refractivity contribution is 5.75. The maximum Gasteiger partial charge on any atom is 0.123 e. The molecule has 1 aromatic carbocycles. The molecule has 0 bridgehead atoms. The Labute approximate surface area is 252 Å². The van der Waals surface area contributed by atoms with Gasteiger partial charge in [0, 0.05) is 23.2 Å². The lowest BCUT2D eigenvalue weighted by Gasteiger charge is -2.48. The second-order valence-corrected chi connectivity index (χ2v) is 12.3. The predicted octanol–water partition coefficient (Wildman–Crippen LogP) is 12.6. The molecule has 41 heavy (non-hydrogen) atoms. The number of allylic oxidation sites excluding steroid dienone is 4. The number of aromatic nitrogens is 1. The Morgan fingerprint density at radius 2 is 1.66 bits per heavy atom. The number of hydrogen-bond acceptors (Lipinski definition) is 1. The highest BCUT2D eigenvalue weighted by Gasteiger charge is 2.44. The number of fused-ring (bicyclic) bond motifs is 1. The van der Waals surface area contributed by atoms with Crippen molar-refractivity contribution in [3.63, 3.8) is 0 Å². The molecule has 0 N–H and O–H groups in total. The molecular formula is C39H58FN. The molecule has 5 rings (SSSR count). The third-order valence-electron chi connectivity index (χ3n) is 9.93. The zero-order valence-electron chi connectivity index (χ0n) is 27.8. The van der Waals surface area contributed by atoms with E-state index in [-0.39, 0.29) is 5.82 Å². The van der Waals surface area contributed by atoms with E-state index in [0.29, 0.717) is 23.2 Å². The van der Waals surface area contributed by atoms with Gasteiger partial charge in [-0.1, -0.05) is 111 Å². The van der Waals surface area contributed by atoms with Gasteiger partial charge in [0.25, 0.3) is 0 Å². The Morgan fingerprint density at radius 3 is 2.17 bits per heavy atom. The van der Waals surface area contributed by atoms with E-state index in [2.05, 4.69) is 46.8 Å². The number of halogens is 1. The summed E-state index contributed by atoms with van der Waals surface area (Å²) in [6.07, 6.45) is 18.1. The van der Waals surface area contributed by atoms with Crippen molar-refractivity contribution in [2.24, 2.45) is 5.41 Å². The largest absolute Gasteiger partial charge is 0.257 e. The van der Waals surface area contributed by atoms with E-state index in [4.69, 9.17) is 4.98 Å².